The second-order valence-corrected chi connectivity index (χ2v) is 9.60. The third-order valence-corrected chi connectivity index (χ3v) is 7.14. The van der Waals surface area contributed by atoms with Crippen LogP contribution in [0.15, 0.2) is 42.8 Å². The fraction of sp³-hybridized carbons (Fsp3) is 0.269. The highest BCUT2D eigenvalue weighted by atomic mass is 35.5. The molecule has 2 aromatic carbocycles. The lowest BCUT2D eigenvalue weighted by molar-refractivity contribution is 0.0441. The van der Waals surface area contributed by atoms with Gasteiger partial charge in [0, 0.05) is 30.9 Å². The molecule has 11 nitrogen and oxygen atoms in total. The first-order valence-corrected chi connectivity index (χ1v) is 12.4. The number of fused-ring (bicyclic) bond motifs is 1. The summed E-state index contributed by atoms with van der Waals surface area (Å²) in [5, 5.41) is 12.6. The zero-order valence-corrected chi connectivity index (χ0v) is 22.0. The van der Waals surface area contributed by atoms with Crippen LogP contribution in [0.4, 0.5) is 20.2 Å². The largest absolute Gasteiger partial charge is 0.519 e. The van der Waals surface area contributed by atoms with E-state index in [0.717, 1.165) is 18.3 Å². The molecule has 0 bridgehead atoms. The Morgan fingerprint density at radius 2 is 1.95 bits per heavy atom. The summed E-state index contributed by atoms with van der Waals surface area (Å²) in [6.45, 7) is 1.14. The number of carbonyl (C=O) groups is 1. The second-order valence-electron chi connectivity index (χ2n) is 9.22. The van der Waals surface area contributed by atoms with E-state index in [1.807, 2.05) is 0 Å². The predicted molar refractivity (Wildman–Crippen MR) is 141 cm³/mol. The van der Waals surface area contributed by atoms with E-state index in [2.05, 4.69) is 5.32 Å². The molecular formula is C26H23ClF2N4O7. The van der Waals surface area contributed by atoms with Gasteiger partial charge in [-0.2, -0.15) is 0 Å². The minimum Gasteiger partial charge on any atom is -0.454 e. The van der Waals surface area contributed by atoms with Crippen LogP contribution in [-0.4, -0.2) is 41.8 Å². The van der Waals surface area contributed by atoms with Crippen molar-refractivity contribution in [3.8, 4) is 5.69 Å². The number of nitrogens with one attached hydrogen (secondary N) is 1. The first-order valence-electron chi connectivity index (χ1n) is 12.0. The third kappa shape index (κ3) is 4.61. The topological polar surface area (TPSA) is 153 Å². The number of aliphatic hydroxyl groups is 1. The summed E-state index contributed by atoms with van der Waals surface area (Å²) in [6, 6.07) is 3.26. The van der Waals surface area contributed by atoms with E-state index in [1.54, 1.807) is 11.9 Å². The number of hydrogen-bond acceptors (Lipinski definition) is 10. The number of aromatic nitrogens is 1. The SMILES string of the molecule is CNC1CN(c2c(F)cc3c(=O)c(C(=O)OCc4oc(=O)oc4C)cn(-c4cc(N)c(F)cc4CO)c3c2Cl)C1. The van der Waals surface area contributed by atoms with Gasteiger partial charge in [-0.3, -0.25) is 4.79 Å². The van der Waals surface area contributed by atoms with Crippen molar-refractivity contribution in [1.29, 1.82) is 0 Å². The summed E-state index contributed by atoms with van der Waals surface area (Å²) in [6.07, 6.45) is 1.09. The molecule has 0 unspecified atom stereocenters. The number of nitrogen functional groups attached to an aromatic ring is 1. The molecule has 4 N–H and O–H groups in total. The maximum atomic E-state index is 15.4. The second kappa shape index (κ2) is 10.4. The van der Waals surface area contributed by atoms with E-state index in [0.29, 0.717) is 13.1 Å². The van der Waals surface area contributed by atoms with Crippen molar-refractivity contribution in [3.63, 3.8) is 0 Å². The molecule has 4 aromatic rings. The Bertz CT molecular complexity index is 1780. The molecule has 0 amide bonds. The molecule has 40 heavy (non-hydrogen) atoms. The zero-order valence-electron chi connectivity index (χ0n) is 21.2. The number of hydrogen-bond donors (Lipinski definition) is 3. The average molecular weight is 577 g/mol. The minimum atomic E-state index is -1.13. The van der Waals surface area contributed by atoms with Crippen LogP contribution in [0.2, 0.25) is 5.02 Å². The molecule has 1 saturated heterocycles. The quantitative estimate of drug-likeness (QED) is 0.221. The molecule has 0 aliphatic carbocycles. The smallest absolute Gasteiger partial charge is 0.454 e. The van der Waals surface area contributed by atoms with Crippen LogP contribution in [0.25, 0.3) is 16.6 Å². The first kappa shape index (κ1) is 27.4. The molecule has 0 atom stereocenters. The fourth-order valence-electron chi connectivity index (χ4n) is 4.56. The molecule has 0 saturated carbocycles. The van der Waals surface area contributed by atoms with Gasteiger partial charge in [0.15, 0.2) is 18.1 Å². The normalized spacial score (nSPS) is 13.6. The highest BCUT2D eigenvalue weighted by Gasteiger charge is 2.32. The van der Waals surface area contributed by atoms with Crippen molar-refractivity contribution < 1.29 is 32.3 Å². The lowest BCUT2D eigenvalue weighted by atomic mass is 10.0. The number of nitrogens with zero attached hydrogens (tertiary/aromatic N) is 2. The molecule has 3 heterocycles. The fourth-order valence-corrected chi connectivity index (χ4v) is 4.96. The van der Waals surface area contributed by atoms with Gasteiger partial charge in [-0.15, -0.1) is 0 Å². The van der Waals surface area contributed by atoms with Gasteiger partial charge in [0.2, 0.25) is 5.43 Å². The Balaban J connectivity index is 1.72. The number of esters is 1. The molecule has 0 radical (unpaired) electrons. The Morgan fingerprint density at radius 3 is 2.58 bits per heavy atom. The number of ether oxygens (including phenoxy) is 1. The van der Waals surface area contributed by atoms with Gasteiger partial charge in [-0.25, -0.2) is 18.4 Å². The molecule has 5 rings (SSSR count). The van der Waals surface area contributed by atoms with Crippen molar-refractivity contribution >= 4 is 39.8 Å². The molecule has 0 spiro atoms. The highest BCUT2D eigenvalue weighted by molar-refractivity contribution is 6.38. The Morgan fingerprint density at radius 1 is 1.23 bits per heavy atom. The maximum absolute atomic E-state index is 15.4. The standard InChI is InChI=1S/C26H23ClF2N4O7/c1-11-20(40-26(37)39-11)10-38-25(36)15-8-33(19-5-18(30)16(28)3-12(19)9-34)22-14(24(15)35)4-17(29)23(21(22)27)32-6-13(7-32)31-2/h3-5,8,13,31,34H,6-7,9-10,30H2,1-2H3. The van der Waals surface area contributed by atoms with Gasteiger partial charge in [-0.05, 0) is 32.2 Å². The van der Waals surface area contributed by atoms with Gasteiger partial charge in [0.25, 0.3) is 0 Å². The summed E-state index contributed by atoms with van der Waals surface area (Å²) in [7, 11) is 1.77. The predicted octanol–water partition coefficient (Wildman–Crippen LogP) is 2.62. The Labute approximate surface area is 229 Å². The summed E-state index contributed by atoms with van der Waals surface area (Å²) >= 11 is 6.73. The number of aliphatic hydroxyl groups excluding tert-OH is 1. The van der Waals surface area contributed by atoms with Gasteiger partial charge in [0.1, 0.15) is 17.2 Å². The number of pyridine rings is 1. The number of likely N-dealkylation sites (N-methyl/N-ethyl adjacent to an activating group) is 1. The van der Waals surface area contributed by atoms with Crippen molar-refractivity contribution in [2.24, 2.45) is 0 Å². The summed E-state index contributed by atoms with van der Waals surface area (Å²) in [5.41, 5.74) is 4.27. The lowest BCUT2D eigenvalue weighted by Crippen LogP contribution is -2.57. The summed E-state index contributed by atoms with van der Waals surface area (Å²) in [4.78, 5) is 39.5. The van der Waals surface area contributed by atoms with Crippen LogP contribution in [0, 0.1) is 18.6 Å². The van der Waals surface area contributed by atoms with Crippen LogP contribution in [0.1, 0.15) is 27.4 Å². The number of aryl methyl sites for hydroxylation is 1. The van der Waals surface area contributed by atoms with Crippen molar-refractivity contribution in [2.45, 2.75) is 26.2 Å². The van der Waals surface area contributed by atoms with Crippen LogP contribution >= 0.6 is 11.6 Å². The van der Waals surface area contributed by atoms with Gasteiger partial charge in [0.05, 0.1) is 39.6 Å². The van der Waals surface area contributed by atoms with Crippen LogP contribution in [-0.2, 0) is 18.0 Å². The van der Waals surface area contributed by atoms with Gasteiger partial charge < -0.3 is 39.2 Å². The highest BCUT2D eigenvalue weighted by Crippen LogP contribution is 2.39. The average Bonchev–Trinajstić information content (AvgIpc) is 3.22. The Kier molecular flexibility index (Phi) is 7.12. The number of nitrogens with two attached hydrogens (primary N) is 1. The van der Waals surface area contributed by atoms with Crippen molar-refractivity contribution in [1.82, 2.24) is 9.88 Å². The van der Waals surface area contributed by atoms with E-state index >= 15 is 4.39 Å². The summed E-state index contributed by atoms with van der Waals surface area (Å²) < 4.78 is 45.7. The molecule has 14 heteroatoms. The van der Waals surface area contributed by atoms with E-state index in [-0.39, 0.29) is 56.1 Å². The Hall–Kier alpha value is -4.20. The maximum Gasteiger partial charge on any atom is 0.519 e. The molecule has 1 aliphatic rings. The lowest BCUT2D eigenvalue weighted by Gasteiger charge is -2.41. The molecule has 1 fully saturated rings. The zero-order chi connectivity index (χ0) is 28.9. The molecule has 2 aromatic heterocycles. The van der Waals surface area contributed by atoms with Crippen LogP contribution < -0.4 is 27.2 Å². The summed E-state index contributed by atoms with van der Waals surface area (Å²) in [5.74, 6) is -3.71. The van der Waals surface area contributed by atoms with Crippen LogP contribution in [0.5, 0.6) is 0 Å². The molecule has 210 valence electrons. The van der Waals surface area contributed by atoms with E-state index in [9.17, 15) is 23.9 Å². The van der Waals surface area contributed by atoms with Gasteiger partial charge >= 0.3 is 11.8 Å². The minimum absolute atomic E-state index is 0.00454. The molecule has 1 aliphatic heterocycles. The van der Waals surface area contributed by atoms with E-state index < -0.39 is 47.6 Å². The van der Waals surface area contributed by atoms with Gasteiger partial charge in [-0.1, -0.05) is 11.6 Å². The number of anilines is 2. The third-order valence-electron chi connectivity index (χ3n) is 6.78. The number of benzene rings is 2. The first-order chi connectivity index (χ1) is 19.0. The van der Waals surface area contributed by atoms with Crippen LogP contribution in [0.3, 0.4) is 0 Å². The van der Waals surface area contributed by atoms with E-state index in [1.165, 1.54) is 17.6 Å². The monoisotopic (exact) mass is 576 g/mol. The number of carbonyl (C=O) groups excluding carboxylic acids is 1. The van der Waals surface area contributed by atoms with Crippen molar-refractivity contribution in [3.05, 3.63) is 84.5 Å². The van der Waals surface area contributed by atoms with E-state index in [4.69, 9.17) is 30.9 Å². The molecular weight excluding hydrogens is 554 g/mol. The van der Waals surface area contributed by atoms with Crippen molar-refractivity contribution in [2.75, 3.05) is 30.8 Å². The number of rotatable bonds is 7. The number of halogens is 3.